The Kier molecular flexibility index (Phi) is 6.25. The van der Waals surface area contributed by atoms with Gasteiger partial charge in [-0.2, -0.15) is 0 Å². The summed E-state index contributed by atoms with van der Waals surface area (Å²) in [5.74, 6) is -0.824. The van der Waals surface area contributed by atoms with Crippen molar-refractivity contribution in [2.45, 2.75) is 25.5 Å². The Labute approximate surface area is 177 Å². The molecule has 2 N–H and O–H groups in total. The van der Waals surface area contributed by atoms with Crippen LogP contribution in [0.3, 0.4) is 0 Å². The quantitative estimate of drug-likeness (QED) is 0.463. The summed E-state index contributed by atoms with van der Waals surface area (Å²) in [6, 6.07) is 13.1. The summed E-state index contributed by atoms with van der Waals surface area (Å²) in [4.78, 5) is 14.9. The van der Waals surface area contributed by atoms with Crippen LogP contribution in [0.5, 0.6) is 0 Å². The van der Waals surface area contributed by atoms with Crippen LogP contribution in [0.4, 0.5) is 5.69 Å². The van der Waals surface area contributed by atoms with Crippen LogP contribution in [0.1, 0.15) is 24.5 Å². The number of amides is 1. The van der Waals surface area contributed by atoms with Crippen molar-refractivity contribution in [3.63, 3.8) is 0 Å². The molecular weight excluding hydrogens is 477 g/mol. The number of hydrogen-bond acceptors (Lipinski definition) is 3. The topological polar surface area (TPSA) is 60.8 Å². The smallest absolute Gasteiger partial charge is 0.264 e. The number of carbonyl (C=O) groups is 1. The van der Waals surface area contributed by atoms with Crippen molar-refractivity contribution in [2.75, 3.05) is 11.5 Å². The summed E-state index contributed by atoms with van der Waals surface area (Å²) < 4.78 is 1.12. The van der Waals surface area contributed by atoms with Gasteiger partial charge in [0.1, 0.15) is 0 Å². The molecule has 2 aromatic carbocycles. The van der Waals surface area contributed by atoms with Gasteiger partial charge in [-0.1, -0.05) is 42.8 Å². The Bertz CT molecular complexity index is 868. The second-order valence-electron chi connectivity index (χ2n) is 6.67. The van der Waals surface area contributed by atoms with Gasteiger partial charge < -0.3 is 15.1 Å². The first-order valence-corrected chi connectivity index (χ1v) is 10.2. The van der Waals surface area contributed by atoms with Crippen molar-refractivity contribution in [3.05, 3.63) is 74.3 Å². The fourth-order valence-corrected chi connectivity index (χ4v) is 3.89. The average Bonchev–Trinajstić information content (AvgIpc) is 2.86. The number of hydrogen-bond donors (Lipinski definition) is 2. The molecule has 0 bridgehead atoms. The number of fused-ring (bicyclic) bond motifs is 1. The molecule has 1 aliphatic heterocycles. The van der Waals surface area contributed by atoms with Gasteiger partial charge >= 0.3 is 0 Å². The van der Waals surface area contributed by atoms with Gasteiger partial charge in [0, 0.05) is 26.7 Å². The van der Waals surface area contributed by atoms with Gasteiger partial charge in [-0.15, -0.1) is 0 Å². The van der Waals surface area contributed by atoms with Crippen molar-refractivity contribution in [1.29, 1.82) is 0 Å². The molecule has 1 amide bonds. The first kappa shape index (κ1) is 20.3. The van der Waals surface area contributed by atoms with Gasteiger partial charge in [0.15, 0.2) is 5.60 Å². The van der Waals surface area contributed by atoms with Crippen LogP contribution in [0.15, 0.2) is 54.6 Å². The third-order valence-corrected chi connectivity index (χ3v) is 5.82. The van der Waals surface area contributed by atoms with E-state index in [4.69, 9.17) is 16.7 Å². The molecule has 0 aliphatic carbocycles. The maximum atomic E-state index is 13.3. The van der Waals surface area contributed by atoms with Crippen molar-refractivity contribution in [1.82, 2.24) is 0 Å². The fourth-order valence-electron chi connectivity index (χ4n) is 3.36. The number of aliphatic hydroxyl groups excluding tert-OH is 1. The molecule has 2 atom stereocenters. The minimum atomic E-state index is -1.69. The molecule has 0 radical (unpaired) electrons. The van der Waals surface area contributed by atoms with E-state index >= 15 is 0 Å². The lowest BCUT2D eigenvalue weighted by Gasteiger charge is -2.27. The average molecular weight is 498 g/mol. The van der Waals surface area contributed by atoms with E-state index < -0.39 is 11.5 Å². The van der Waals surface area contributed by atoms with Crippen LogP contribution >= 0.6 is 34.2 Å². The van der Waals surface area contributed by atoms with Crippen LogP contribution in [0.2, 0.25) is 5.02 Å². The summed E-state index contributed by atoms with van der Waals surface area (Å²) in [5.41, 5.74) is 0.493. The lowest BCUT2D eigenvalue weighted by Crippen LogP contribution is -2.44. The Morgan fingerprint density at radius 1 is 1.26 bits per heavy atom. The van der Waals surface area contributed by atoms with Crippen molar-refractivity contribution >= 4 is 45.8 Å². The minimum absolute atomic E-state index is 0.0247. The molecule has 0 saturated heterocycles. The standard InChI is InChI=1S/C21H21ClINO3/c1-14(4-2-3-11-25)21(27)18-12-16(22)7-10-19(18)24(20(21)26)13-15-5-8-17(23)9-6-15/h2,4-10,12,14,25,27H,3,11,13H2,1H3/b4-2+/t14-,21+/m1/s1. The molecular formula is C21H21ClINO3. The zero-order valence-corrected chi connectivity index (χ0v) is 17.8. The van der Waals surface area contributed by atoms with E-state index in [1.165, 1.54) is 0 Å². The summed E-state index contributed by atoms with van der Waals surface area (Å²) in [6.07, 6.45) is 4.03. The molecule has 1 aliphatic rings. The van der Waals surface area contributed by atoms with Gasteiger partial charge in [0.25, 0.3) is 5.91 Å². The highest BCUT2D eigenvalue weighted by molar-refractivity contribution is 14.1. The third-order valence-electron chi connectivity index (χ3n) is 4.86. The molecule has 0 saturated carbocycles. The highest BCUT2D eigenvalue weighted by Gasteiger charge is 2.52. The van der Waals surface area contributed by atoms with E-state index in [0.717, 1.165) is 9.13 Å². The van der Waals surface area contributed by atoms with E-state index in [1.54, 1.807) is 42.2 Å². The molecule has 1 heterocycles. The molecule has 4 nitrogen and oxygen atoms in total. The molecule has 0 fully saturated rings. The van der Waals surface area contributed by atoms with E-state index in [-0.39, 0.29) is 12.5 Å². The maximum Gasteiger partial charge on any atom is 0.264 e. The Morgan fingerprint density at radius 3 is 2.63 bits per heavy atom. The van der Waals surface area contributed by atoms with Crippen LogP contribution in [-0.4, -0.2) is 22.7 Å². The number of halogens is 2. The second-order valence-corrected chi connectivity index (χ2v) is 8.36. The predicted octanol–water partition coefficient (Wildman–Crippen LogP) is 4.25. The third kappa shape index (κ3) is 3.92. The Morgan fingerprint density at radius 2 is 1.96 bits per heavy atom. The molecule has 6 heteroatoms. The molecule has 0 aromatic heterocycles. The number of carbonyl (C=O) groups excluding carboxylic acids is 1. The normalized spacial score (nSPS) is 20.3. The van der Waals surface area contributed by atoms with Gasteiger partial charge in [-0.05, 0) is 64.9 Å². The zero-order valence-electron chi connectivity index (χ0n) is 14.9. The van der Waals surface area contributed by atoms with Crippen molar-refractivity contribution in [3.8, 4) is 0 Å². The minimum Gasteiger partial charge on any atom is -0.396 e. The number of benzene rings is 2. The largest absolute Gasteiger partial charge is 0.396 e. The molecule has 27 heavy (non-hydrogen) atoms. The van der Waals surface area contributed by atoms with Crippen molar-refractivity contribution < 1.29 is 15.0 Å². The summed E-state index contributed by atoms with van der Waals surface area (Å²) in [5, 5.41) is 20.9. The van der Waals surface area contributed by atoms with E-state index in [2.05, 4.69) is 22.6 Å². The number of aliphatic hydroxyl groups is 2. The molecule has 0 unspecified atom stereocenters. The lowest BCUT2D eigenvalue weighted by molar-refractivity contribution is -0.139. The van der Waals surface area contributed by atoms with Crippen LogP contribution < -0.4 is 4.90 Å². The van der Waals surface area contributed by atoms with Crippen LogP contribution in [0, 0.1) is 9.49 Å². The summed E-state index contributed by atoms with van der Waals surface area (Å²) in [6.45, 7) is 2.20. The summed E-state index contributed by atoms with van der Waals surface area (Å²) >= 11 is 8.40. The van der Waals surface area contributed by atoms with Crippen molar-refractivity contribution in [2.24, 2.45) is 5.92 Å². The molecule has 2 aromatic rings. The molecule has 3 rings (SSSR count). The van der Waals surface area contributed by atoms with Crippen LogP contribution in [0.25, 0.3) is 0 Å². The Balaban J connectivity index is 2.00. The lowest BCUT2D eigenvalue weighted by atomic mass is 9.83. The fraction of sp³-hybridized carbons (Fsp3) is 0.286. The number of anilines is 1. The second kappa shape index (κ2) is 8.31. The monoisotopic (exact) mass is 497 g/mol. The Hall–Kier alpha value is -1.41. The van der Waals surface area contributed by atoms with E-state index in [9.17, 15) is 9.90 Å². The predicted molar refractivity (Wildman–Crippen MR) is 116 cm³/mol. The van der Waals surface area contributed by atoms with E-state index in [0.29, 0.717) is 29.2 Å². The summed E-state index contributed by atoms with van der Waals surface area (Å²) in [7, 11) is 0. The van der Waals surface area contributed by atoms with Gasteiger partial charge in [0.2, 0.25) is 0 Å². The molecule has 0 spiro atoms. The van der Waals surface area contributed by atoms with E-state index in [1.807, 2.05) is 24.3 Å². The van der Waals surface area contributed by atoms with Gasteiger partial charge in [-0.25, -0.2) is 0 Å². The first-order valence-electron chi connectivity index (χ1n) is 8.74. The number of rotatable bonds is 6. The maximum absolute atomic E-state index is 13.3. The van der Waals surface area contributed by atoms with Crippen LogP contribution in [-0.2, 0) is 16.9 Å². The zero-order chi connectivity index (χ0) is 19.6. The highest BCUT2D eigenvalue weighted by atomic mass is 127. The SMILES string of the molecule is C[C@H](/C=C/CCO)[C@@]1(O)C(=O)N(Cc2ccc(I)cc2)c2ccc(Cl)cc21. The van der Waals surface area contributed by atoms with Gasteiger partial charge in [0.05, 0.1) is 12.2 Å². The highest BCUT2D eigenvalue weighted by Crippen LogP contribution is 2.46. The van der Waals surface area contributed by atoms with Gasteiger partial charge in [-0.3, -0.25) is 4.79 Å². The number of nitrogens with zero attached hydrogens (tertiary/aromatic N) is 1. The first-order chi connectivity index (χ1) is 12.9. The molecule has 142 valence electrons.